The van der Waals surface area contributed by atoms with Crippen molar-refractivity contribution in [2.75, 3.05) is 6.54 Å². The molecule has 0 saturated heterocycles. The van der Waals surface area contributed by atoms with Gasteiger partial charge in [0.25, 0.3) is 0 Å². The molecular formula is C19H43N. The Balaban J connectivity index is 0. The minimum Gasteiger partial charge on any atom is -0.330 e. The van der Waals surface area contributed by atoms with Crippen molar-refractivity contribution in [3.05, 3.63) is 0 Å². The monoisotopic (exact) mass is 285 g/mol. The van der Waals surface area contributed by atoms with E-state index in [0.717, 1.165) is 6.54 Å². The Morgan fingerprint density at radius 2 is 0.650 bits per heavy atom. The molecule has 0 aliphatic rings. The Labute approximate surface area is 130 Å². The molecule has 0 unspecified atom stereocenters. The van der Waals surface area contributed by atoms with Crippen LogP contribution in [0.2, 0.25) is 0 Å². The maximum absolute atomic E-state index is 5.39. The van der Waals surface area contributed by atoms with E-state index in [1.54, 1.807) is 0 Å². The minimum absolute atomic E-state index is 0.870. The van der Waals surface area contributed by atoms with Gasteiger partial charge in [-0.2, -0.15) is 0 Å². The van der Waals surface area contributed by atoms with Gasteiger partial charge in [0, 0.05) is 0 Å². The molecule has 0 fully saturated rings. The molecule has 0 aromatic carbocycles. The molecular weight excluding hydrogens is 242 g/mol. The second-order valence-electron chi connectivity index (χ2n) is 6.03. The summed E-state index contributed by atoms with van der Waals surface area (Å²) < 4.78 is 0. The topological polar surface area (TPSA) is 26.0 Å². The summed E-state index contributed by atoms with van der Waals surface area (Å²) in [7, 11) is 0. The van der Waals surface area contributed by atoms with Crippen LogP contribution in [-0.4, -0.2) is 6.54 Å². The van der Waals surface area contributed by atoms with Crippen LogP contribution in [0.25, 0.3) is 0 Å². The lowest BCUT2D eigenvalue weighted by Gasteiger charge is -1.99. The largest absolute Gasteiger partial charge is 0.330 e. The predicted molar refractivity (Wildman–Crippen MR) is 95.3 cm³/mol. The quantitative estimate of drug-likeness (QED) is 0.347. The second-order valence-corrected chi connectivity index (χ2v) is 6.03. The van der Waals surface area contributed by atoms with E-state index in [9.17, 15) is 0 Å². The molecule has 0 aliphatic heterocycles. The molecule has 0 aromatic rings. The average molecular weight is 286 g/mol. The van der Waals surface area contributed by atoms with E-state index >= 15 is 0 Å². The van der Waals surface area contributed by atoms with E-state index in [4.69, 9.17) is 5.73 Å². The standard InChI is InChI=1S/C10H23N.C9H20/c1-2-3-4-5-6-7-8-9-10-11;1-3-5-7-9-8-6-4-2/h2-11H2,1H3;3-9H2,1-2H3. The summed E-state index contributed by atoms with van der Waals surface area (Å²) in [6, 6.07) is 0. The Kier molecular flexibility index (Phi) is 26.7. The number of rotatable bonds is 14. The maximum atomic E-state index is 5.39. The summed E-state index contributed by atoms with van der Waals surface area (Å²) in [6.45, 7) is 7.66. The number of nitrogens with two attached hydrogens (primary N) is 1. The third-order valence-electron chi connectivity index (χ3n) is 3.76. The highest BCUT2D eigenvalue weighted by Crippen LogP contribution is 2.07. The third kappa shape index (κ3) is 26.5. The van der Waals surface area contributed by atoms with Gasteiger partial charge >= 0.3 is 0 Å². The first kappa shape index (κ1) is 22.2. The lowest BCUT2D eigenvalue weighted by atomic mass is 10.1. The molecule has 0 aliphatic carbocycles. The van der Waals surface area contributed by atoms with Gasteiger partial charge in [-0.1, -0.05) is 111 Å². The number of hydrogen-bond donors (Lipinski definition) is 1. The van der Waals surface area contributed by atoms with Crippen LogP contribution in [0.3, 0.4) is 0 Å². The SMILES string of the molecule is CCCCCCCCC.CCCCCCCCCCN. The van der Waals surface area contributed by atoms with E-state index in [1.165, 1.54) is 96.3 Å². The van der Waals surface area contributed by atoms with Gasteiger partial charge in [0.15, 0.2) is 0 Å². The van der Waals surface area contributed by atoms with E-state index < -0.39 is 0 Å². The summed E-state index contributed by atoms with van der Waals surface area (Å²) in [5.74, 6) is 0. The van der Waals surface area contributed by atoms with Crippen LogP contribution in [0.1, 0.15) is 117 Å². The van der Waals surface area contributed by atoms with Gasteiger partial charge in [0.2, 0.25) is 0 Å². The van der Waals surface area contributed by atoms with Gasteiger partial charge < -0.3 is 5.73 Å². The van der Waals surface area contributed by atoms with Crippen molar-refractivity contribution in [1.82, 2.24) is 0 Å². The van der Waals surface area contributed by atoms with E-state index in [-0.39, 0.29) is 0 Å². The van der Waals surface area contributed by atoms with Crippen molar-refractivity contribution in [3.63, 3.8) is 0 Å². The minimum atomic E-state index is 0.870. The Hall–Kier alpha value is -0.0400. The zero-order valence-corrected chi connectivity index (χ0v) is 14.9. The molecule has 2 N–H and O–H groups in total. The highest BCUT2D eigenvalue weighted by molar-refractivity contribution is 4.45. The van der Waals surface area contributed by atoms with Crippen molar-refractivity contribution >= 4 is 0 Å². The molecule has 0 radical (unpaired) electrons. The summed E-state index contributed by atoms with van der Waals surface area (Å²) in [6.07, 6.45) is 21.0. The lowest BCUT2D eigenvalue weighted by Crippen LogP contribution is -1.97. The highest BCUT2D eigenvalue weighted by Gasteiger charge is 1.89. The van der Waals surface area contributed by atoms with Gasteiger partial charge in [-0.05, 0) is 13.0 Å². The average Bonchev–Trinajstić information content (AvgIpc) is 2.47. The fraction of sp³-hybridized carbons (Fsp3) is 1.00. The molecule has 0 bridgehead atoms. The predicted octanol–water partition coefficient (Wildman–Crippen LogP) is 6.84. The molecule has 0 aromatic heterocycles. The third-order valence-corrected chi connectivity index (χ3v) is 3.76. The normalized spacial score (nSPS) is 10.2. The fourth-order valence-electron chi connectivity index (χ4n) is 2.31. The molecule has 1 nitrogen and oxygen atoms in total. The zero-order valence-electron chi connectivity index (χ0n) is 14.9. The van der Waals surface area contributed by atoms with Gasteiger partial charge in [-0.25, -0.2) is 0 Å². The van der Waals surface area contributed by atoms with Gasteiger partial charge in [0.05, 0.1) is 0 Å². The van der Waals surface area contributed by atoms with Crippen LogP contribution in [-0.2, 0) is 0 Å². The van der Waals surface area contributed by atoms with E-state index in [1.807, 2.05) is 0 Å². The van der Waals surface area contributed by atoms with Crippen LogP contribution in [0.15, 0.2) is 0 Å². The van der Waals surface area contributed by atoms with Crippen LogP contribution in [0, 0.1) is 0 Å². The molecule has 0 amide bonds. The smallest absolute Gasteiger partial charge is 0.00773 e. The van der Waals surface area contributed by atoms with Crippen molar-refractivity contribution < 1.29 is 0 Å². The van der Waals surface area contributed by atoms with Crippen molar-refractivity contribution in [2.45, 2.75) is 117 Å². The zero-order chi connectivity index (χ0) is 15.3. The van der Waals surface area contributed by atoms with Gasteiger partial charge in [-0.15, -0.1) is 0 Å². The van der Waals surface area contributed by atoms with Crippen LogP contribution in [0.4, 0.5) is 0 Å². The molecule has 20 heavy (non-hydrogen) atoms. The van der Waals surface area contributed by atoms with Crippen LogP contribution in [0.5, 0.6) is 0 Å². The molecule has 0 heterocycles. The molecule has 124 valence electrons. The molecule has 0 saturated carbocycles. The number of hydrogen-bond acceptors (Lipinski definition) is 1. The molecule has 1 heteroatoms. The molecule has 0 rings (SSSR count). The maximum Gasteiger partial charge on any atom is -0.00773 e. The van der Waals surface area contributed by atoms with Gasteiger partial charge in [-0.3, -0.25) is 0 Å². The Morgan fingerprint density at radius 1 is 0.400 bits per heavy atom. The summed E-state index contributed by atoms with van der Waals surface area (Å²) >= 11 is 0. The van der Waals surface area contributed by atoms with Crippen molar-refractivity contribution in [1.29, 1.82) is 0 Å². The first-order chi connectivity index (χ1) is 9.83. The number of unbranched alkanes of at least 4 members (excludes halogenated alkanes) is 13. The van der Waals surface area contributed by atoms with Crippen LogP contribution < -0.4 is 5.73 Å². The Bertz CT molecular complexity index is 120. The first-order valence-electron chi connectivity index (χ1n) is 9.53. The van der Waals surface area contributed by atoms with E-state index in [0.29, 0.717) is 0 Å². The molecule has 0 spiro atoms. The van der Waals surface area contributed by atoms with Crippen molar-refractivity contribution in [3.8, 4) is 0 Å². The summed E-state index contributed by atoms with van der Waals surface area (Å²) in [5, 5.41) is 0. The Morgan fingerprint density at radius 3 is 0.900 bits per heavy atom. The summed E-state index contributed by atoms with van der Waals surface area (Å²) in [5.41, 5.74) is 5.39. The second kappa shape index (κ2) is 24.0. The van der Waals surface area contributed by atoms with E-state index in [2.05, 4.69) is 20.8 Å². The first-order valence-corrected chi connectivity index (χ1v) is 9.53. The highest BCUT2D eigenvalue weighted by atomic mass is 14.5. The van der Waals surface area contributed by atoms with Crippen LogP contribution >= 0.6 is 0 Å². The van der Waals surface area contributed by atoms with Gasteiger partial charge in [0.1, 0.15) is 0 Å². The lowest BCUT2D eigenvalue weighted by molar-refractivity contribution is 0.578. The molecule has 0 atom stereocenters. The fourth-order valence-corrected chi connectivity index (χ4v) is 2.31. The summed E-state index contributed by atoms with van der Waals surface area (Å²) in [4.78, 5) is 0. The van der Waals surface area contributed by atoms with Crippen molar-refractivity contribution in [2.24, 2.45) is 5.73 Å².